The van der Waals surface area contributed by atoms with Crippen LogP contribution in [-0.2, 0) is 5.75 Å². The van der Waals surface area contributed by atoms with Gasteiger partial charge in [0.25, 0.3) is 5.91 Å². The highest BCUT2D eigenvalue weighted by Gasteiger charge is 2.27. The number of hydrogen-bond donors (Lipinski definition) is 0. The van der Waals surface area contributed by atoms with Gasteiger partial charge in [0.1, 0.15) is 17.5 Å². The van der Waals surface area contributed by atoms with Crippen molar-refractivity contribution in [2.24, 2.45) is 0 Å². The summed E-state index contributed by atoms with van der Waals surface area (Å²) in [6.45, 7) is 2.56. The molecule has 4 heterocycles. The molecule has 0 atom stereocenters. The number of thiophene rings is 1. The zero-order valence-corrected chi connectivity index (χ0v) is 19.6. The molecule has 5 rings (SSSR count). The monoisotopic (exact) mass is 474 g/mol. The maximum absolute atomic E-state index is 13.6. The van der Waals surface area contributed by atoms with E-state index in [1.165, 1.54) is 4.21 Å². The molecule has 0 saturated carbocycles. The fourth-order valence-electron chi connectivity index (χ4n) is 4.12. The Morgan fingerprint density at radius 3 is 2.88 bits per heavy atom. The van der Waals surface area contributed by atoms with Crippen LogP contribution >= 0.6 is 23.1 Å². The zero-order valence-electron chi connectivity index (χ0n) is 17.9. The summed E-state index contributed by atoms with van der Waals surface area (Å²) in [5.74, 6) is 1.73. The van der Waals surface area contributed by atoms with Crippen LogP contribution in [0.3, 0.4) is 0 Å². The maximum atomic E-state index is 13.6. The van der Waals surface area contributed by atoms with Crippen molar-refractivity contribution in [3.63, 3.8) is 0 Å². The van der Waals surface area contributed by atoms with E-state index in [1.807, 2.05) is 35.2 Å². The minimum absolute atomic E-state index is 0.0728. The van der Waals surface area contributed by atoms with Gasteiger partial charge in [0.05, 0.1) is 9.77 Å². The van der Waals surface area contributed by atoms with E-state index in [9.17, 15) is 10.1 Å². The number of furan rings is 1. The van der Waals surface area contributed by atoms with Crippen LogP contribution in [0.15, 0.2) is 68.7 Å². The molecule has 0 aliphatic carbocycles. The van der Waals surface area contributed by atoms with Crippen LogP contribution in [0.4, 0.5) is 5.82 Å². The normalized spacial score (nSPS) is 14.3. The molecule has 8 heteroatoms. The smallest absolute Gasteiger partial charge is 0.289 e. The van der Waals surface area contributed by atoms with Crippen LogP contribution in [0.5, 0.6) is 0 Å². The first kappa shape index (κ1) is 21.6. The lowest BCUT2D eigenvalue weighted by molar-refractivity contribution is 0.0736. The lowest BCUT2D eigenvalue weighted by Crippen LogP contribution is -2.35. The van der Waals surface area contributed by atoms with Crippen molar-refractivity contribution in [2.45, 2.75) is 16.4 Å². The molecular weight excluding hydrogens is 452 g/mol. The lowest BCUT2D eigenvalue weighted by atomic mass is 10.1. The van der Waals surface area contributed by atoms with Crippen molar-refractivity contribution in [3.05, 3.63) is 77.0 Å². The van der Waals surface area contributed by atoms with Gasteiger partial charge in [-0.25, -0.2) is 4.98 Å². The summed E-state index contributed by atoms with van der Waals surface area (Å²) in [7, 11) is 0. The number of carbonyl (C=O) groups is 1. The minimum Gasteiger partial charge on any atom is -0.451 e. The molecule has 0 bridgehead atoms. The molecule has 6 nitrogen and oxygen atoms in total. The molecule has 1 aliphatic heterocycles. The zero-order chi connectivity index (χ0) is 22.6. The lowest BCUT2D eigenvalue weighted by Gasteiger charge is -2.23. The van der Waals surface area contributed by atoms with Crippen LogP contribution in [0.2, 0.25) is 0 Å². The number of carbonyl (C=O) groups excluding carboxylic acids is 1. The summed E-state index contributed by atoms with van der Waals surface area (Å²) in [4.78, 5) is 22.0. The number of nitrogens with zero attached hydrogens (tertiary/aromatic N) is 4. The van der Waals surface area contributed by atoms with Crippen molar-refractivity contribution in [1.29, 1.82) is 5.26 Å². The number of pyridine rings is 1. The molecule has 33 heavy (non-hydrogen) atoms. The molecule has 1 saturated heterocycles. The fourth-order valence-corrected chi connectivity index (χ4v) is 5.93. The maximum Gasteiger partial charge on any atom is 0.289 e. The molecular formula is C25H22N4O2S2. The van der Waals surface area contributed by atoms with Crippen LogP contribution in [0.25, 0.3) is 11.0 Å². The van der Waals surface area contributed by atoms with Gasteiger partial charge in [0.15, 0.2) is 5.76 Å². The highest BCUT2D eigenvalue weighted by Crippen LogP contribution is 2.34. The molecule has 3 aromatic heterocycles. The highest BCUT2D eigenvalue weighted by molar-refractivity contribution is 8.00. The quantitative estimate of drug-likeness (QED) is 0.360. The second-order valence-electron chi connectivity index (χ2n) is 7.75. The Kier molecular flexibility index (Phi) is 6.33. The first-order valence-corrected chi connectivity index (χ1v) is 12.7. The van der Waals surface area contributed by atoms with Crippen molar-refractivity contribution in [2.75, 3.05) is 31.1 Å². The molecule has 0 unspecified atom stereocenters. The van der Waals surface area contributed by atoms with E-state index in [0.717, 1.165) is 29.5 Å². The third kappa shape index (κ3) is 4.47. The summed E-state index contributed by atoms with van der Waals surface area (Å²) in [6, 6.07) is 17.8. The molecule has 1 amide bonds. The number of benzene rings is 1. The number of para-hydroxylation sites is 1. The molecule has 1 aromatic carbocycles. The van der Waals surface area contributed by atoms with E-state index in [-0.39, 0.29) is 5.91 Å². The van der Waals surface area contributed by atoms with Gasteiger partial charge in [0.2, 0.25) is 0 Å². The Morgan fingerprint density at radius 2 is 2.03 bits per heavy atom. The summed E-state index contributed by atoms with van der Waals surface area (Å²) in [5, 5.41) is 12.5. The Balaban J connectivity index is 1.38. The third-order valence-electron chi connectivity index (χ3n) is 5.74. The van der Waals surface area contributed by atoms with E-state index in [1.54, 1.807) is 41.4 Å². The minimum atomic E-state index is -0.0728. The number of hydrogen-bond acceptors (Lipinski definition) is 7. The fraction of sp³-hybridized carbons (Fsp3) is 0.240. The van der Waals surface area contributed by atoms with Gasteiger partial charge in [-0.2, -0.15) is 5.26 Å². The Bertz CT molecular complexity index is 1310. The van der Waals surface area contributed by atoms with Crippen LogP contribution in [-0.4, -0.2) is 42.0 Å². The topological polar surface area (TPSA) is 73.4 Å². The number of amides is 1. The van der Waals surface area contributed by atoms with Crippen molar-refractivity contribution >= 4 is 45.8 Å². The number of rotatable bonds is 5. The molecule has 0 N–H and O–H groups in total. The van der Waals surface area contributed by atoms with Gasteiger partial charge in [-0.05, 0) is 36.1 Å². The second-order valence-corrected chi connectivity index (χ2v) is 9.97. The summed E-state index contributed by atoms with van der Waals surface area (Å²) < 4.78 is 7.32. The summed E-state index contributed by atoms with van der Waals surface area (Å²) in [5.41, 5.74) is 2.25. The summed E-state index contributed by atoms with van der Waals surface area (Å²) >= 11 is 3.42. The van der Waals surface area contributed by atoms with E-state index in [2.05, 4.69) is 27.4 Å². The standard InChI is InChI=1S/C25H22N4O2S2/c26-16-18-6-3-10-27-24(18)28-11-5-12-29(14-13-28)25(30)23-20(17-33-22-9-4-15-32-22)19-7-1-2-8-21(19)31-23/h1-4,6-10,15H,5,11-14,17H2. The third-order valence-corrected chi connectivity index (χ3v) is 7.89. The van der Waals surface area contributed by atoms with Gasteiger partial charge in [-0.15, -0.1) is 23.1 Å². The average Bonchev–Trinajstić information content (AvgIpc) is 3.43. The van der Waals surface area contributed by atoms with E-state index in [4.69, 9.17) is 4.42 Å². The molecule has 0 radical (unpaired) electrons. The van der Waals surface area contributed by atoms with Gasteiger partial charge in [0, 0.05) is 49.1 Å². The van der Waals surface area contributed by atoms with Gasteiger partial charge < -0.3 is 14.2 Å². The number of nitriles is 1. The highest BCUT2D eigenvalue weighted by atomic mass is 32.2. The Labute approximate surface area is 200 Å². The predicted octanol–water partition coefficient (Wildman–Crippen LogP) is 5.41. The molecule has 1 aliphatic rings. The van der Waals surface area contributed by atoms with E-state index in [0.29, 0.717) is 42.5 Å². The van der Waals surface area contributed by atoms with Gasteiger partial charge >= 0.3 is 0 Å². The first-order chi connectivity index (χ1) is 16.2. The molecule has 166 valence electrons. The average molecular weight is 475 g/mol. The molecule has 0 spiro atoms. The van der Waals surface area contributed by atoms with Gasteiger partial charge in [-0.3, -0.25) is 4.79 Å². The van der Waals surface area contributed by atoms with Crippen LogP contribution in [0.1, 0.15) is 28.1 Å². The largest absolute Gasteiger partial charge is 0.451 e. The van der Waals surface area contributed by atoms with Gasteiger partial charge in [-0.1, -0.05) is 24.3 Å². The molecule has 4 aromatic rings. The van der Waals surface area contributed by atoms with Crippen molar-refractivity contribution < 1.29 is 9.21 Å². The van der Waals surface area contributed by atoms with E-state index < -0.39 is 0 Å². The van der Waals surface area contributed by atoms with E-state index >= 15 is 0 Å². The Morgan fingerprint density at radius 1 is 1.12 bits per heavy atom. The molecule has 1 fully saturated rings. The van der Waals surface area contributed by atoms with Crippen molar-refractivity contribution in [3.8, 4) is 6.07 Å². The Hall–Kier alpha value is -3.28. The van der Waals surface area contributed by atoms with Crippen molar-refractivity contribution in [1.82, 2.24) is 9.88 Å². The van der Waals surface area contributed by atoms with Crippen LogP contribution in [0, 0.1) is 11.3 Å². The first-order valence-electron chi connectivity index (χ1n) is 10.8. The number of aromatic nitrogens is 1. The SMILES string of the molecule is N#Cc1cccnc1N1CCCN(C(=O)c2oc3ccccc3c2CSc2cccs2)CC1. The predicted molar refractivity (Wildman–Crippen MR) is 132 cm³/mol. The number of fused-ring (bicyclic) bond motifs is 1. The summed E-state index contributed by atoms with van der Waals surface area (Å²) in [6.07, 6.45) is 2.50. The number of anilines is 1. The second kappa shape index (κ2) is 9.69. The van der Waals surface area contributed by atoms with Crippen LogP contribution < -0.4 is 4.90 Å². The number of thioether (sulfide) groups is 1.